The van der Waals surface area contributed by atoms with Gasteiger partial charge in [0.1, 0.15) is 6.04 Å². The molecule has 3 heterocycles. The summed E-state index contributed by atoms with van der Waals surface area (Å²) in [5, 5.41) is 8.06. The van der Waals surface area contributed by atoms with Gasteiger partial charge in [0.25, 0.3) is 0 Å². The summed E-state index contributed by atoms with van der Waals surface area (Å²) in [6.07, 6.45) is 3.22. The van der Waals surface area contributed by atoms with Crippen LogP contribution in [0.2, 0.25) is 0 Å². The first-order chi connectivity index (χ1) is 14.6. The first kappa shape index (κ1) is 18.8. The SMILES string of the molecule is CN[C@@H](C)C(=O)N[C@H]1CCc2cccc3c2N(Cc2c-3ncc3ccccc23)C1=O. The van der Waals surface area contributed by atoms with E-state index in [4.69, 9.17) is 4.98 Å². The number of benzene rings is 2. The number of hydrogen-bond acceptors (Lipinski definition) is 4. The van der Waals surface area contributed by atoms with Crippen LogP contribution in [0.4, 0.5) is 5.69 Å². The minimum Gasteiger partial charge on any atom is -0.343 e. The number of amides is 2. The Morgan fingerprint density at radius 3 is 2.87 bits per heavy atom. The van der Waals surface area contributed by atoms with E-state index in [-0.39, 0.29) is 17.9 Å². The third-order valence-corrected chi connectivity index (χ3v) is 6.27. The Bertz CT molecular complexity index is 1170. The molecule has 0 saturated carbocycles. The van der Waals surface area contributed by atoms with E-state index in [2.05, 4.69) is 22.8 Å². The van der Waals surface area contributed by atoms with E-state index in [0.29, 0.717) is 13.0 Å². The molecule has 0 radical (unpaired) electrons. The zero-order chi connectivity index (χ0) is 20.8. The van der Waals surface area contributed by atoms with Crippen molar-refractivity contribution >= 4 is 28.3 Å². The summed E-state index contributed by atoms with van der Waals surface area (Å²) in [5.41, 5.74) is 5.06. The van der Waals surface area contributed by atoms with E-state index in [1.165, 1.54) is 0 Å². The molecule has 0 saturated heterocycles. The Balaban J connectivity index is 1.62. The van der Waals surface area contributed by atoms with Gasteiger partial charge in [0.2, 0.25) is 11.8 Å². The molecule has 2 aromatic carbocycles. The molecule has 30 heavy (non-hydrogen) atoms. The smallest absolute Gasteiger partial charge is 0.249 e. The molecule has 0 bridgehead atoms. The molecule has 3 aromatic rings. The van der Waals surface area contributed by atoms with Gasteiger partial charge in [-0.3, -0.25) is 14.6 Å². The highest BCUT2D eigenvalue weighted by Crippen LogP contribution is 2.44. The van der Waals surface area contributed by atoms with E-state index in [9.17, 15) is 9.59 Å². The number of aromatic nitrogens is 1. The van der Waals surface area contributed by atoms with Gasteiger partial charge in [-0.1, -0.05) is 42.5 Å². The monoisotopic (exact) mass is 400 g/mol. The van der Waals surface area contributed by atoms with Gasteiger partial charge in [-0.05, 0) is 37.8 Å². The Morgan fingerprint density at radius 2 is 2.03 bits per heavy atom. The predicted octanol–water partition coefficient (Wildman–Crippen LogP) is 2.79. The van der Waals surface area contributed by atoms with Crippen molar-refractivity contribution in [3.8, 4) is 11.3 Å². The van der Waals surface area contributed by atoms with Gasteiger partial charge in [-0.15, -0.1) is 0 Å². The maximum absolute atomic E-state index is 13.6. The number of anilines is 1. The lowest BCUT2D eigenvalue weighted by Crippen LogP contribution is -2.52. The number of hydrogen-bond donors (Lipinski definition) is 2. The van der Waals surface area contributed by atoms with Crippen molar-refractivity contribution in [1.82, 2.24) is 15.6 Å². The standard InChI is InChI=1S/C24H24N4O2/c1-14(25-2)23(29)27-20-11-10-15-7-5-9-18-21-19(13-28(22(15)18)24(20)30)17-8-4-3-6-16(17)12-26-21/h3-9,12,14,20,25H,10-11,13H2,1-2H3,(H,27,29)/t14-,20-/m0/s1. The second-order valence-electron chi connectivity index (χ2n) is 8.02. The highest BCUT2D eigenvalue weighted by molar-refractivity contribution is 6.07. The molecule has 2 aliphatic rings. The molecule has 5 rings (SSSR count). The van der Waals surface area contributed by atoms with Crippen molar-refractivity contribution < 1.29 is 9.59 Å². The normalized spacial score (nSPS) is 18.4. The lowest BCUT2D eigenvalue weighted by molar-refractivity contribution is -0.128. The Kier molecular flexibility index (Phi) is 4.51. The molecule has 1 aromatic heterocycles. The van der Waals surface area contributed by atoms with Gasteiger partial charge in [0.05, 0.1) is 24.0 Å². The molecule has 6 nitrogen and oxygen atoms in total. The average molecular weight is 400 g/mol. The number of carbonyl (C=O) groups is 2. The van der Waals surface area contributed by atoms with Gasteiger partial charge >= 0.3 is 0 Å². The number of para-hydroxylation sites is 1. The second-order valence-corrected chi connectivity index (χ2v) is 8.02. The highest BCUT2D eigenvalue weighted by atomic mass is 16.2. The summed E-state index contributed by atoms with van der Waals surface area (Å²) >= 11 is 0. The molecule has 0 unspecified atom stereocenters. The van der Waals surface area contributed by atoms with E-state index >= 15 is 0 Å². The average Bonchev–Trinajstić information content (AvgIpc) is 2.91. The van der Waals surface area contributed by atoms with Gasteiger partial charge in [-0.2, -0.15) is 0 Å². The zero-order valence-corrected chi connectivity index (χ0v) is 17.1. The van der Waals surface area contributed by atoms with Gasteiger partial charge in [-0.25, -0.2) is 0 Å². The summed E-state index contributed by atoms with van der Waals surface area (Å²) in [7, 11) is 1.74. The van der Waals surface area contributed by atoms with Crippen LogP contribution in [-0.4, -0.2) is 35.9 Å². The molecule has 2 aliphatic heterocycles. The number of rotatable bonds is 3. The summed E-state index contributed by atoms with van der Waals surface area (Å²) in [5.74, 6) is -0.219. The summed E-state index contributed by atoms with van der Waals surface area (Å²) < 4.78 is 0. The van der Waals surface area contributed by atoms with E-state index < -0.39 is 6.04 Å². The van der Waals surface area contributed by atoms with Crippen LogP contribution in [0, 0.1) is 0 Å². The quantitative estimate of drug-likeness (QED) is 0.709. The van der Waals surface area contributed by atoms with Crippen LogP contribution >= 0.6 is 0 Å². The summed E-state index contributed by atoms with van der Waals surface area (Å²) in [4.78, 5) is 32.7. The topological polar surface area (TPSA) is 74.3 Å². The molecular weight excluding hydrogens is 376 g/mol. The lowest BCUT2D eigenvalue weighted by atomic mass is 9.92. The van der Waals surface area contributed by atoms with Crippen LogP contribution in [0.15, 0.2) is 48.7 Å². The van der Waals surface area contributed by atoms with Crippen LogP contribution in [-0.2, 0) is 22.6 Å². The number of nitrogens with one attached hydrogen (secondary N) is 2. The Hall–Kier alpha value is -3.25. The molecule has 2 amide bonds. The van der Waals surface area contributed by atoms with Crippen molar-refractivity contribution in [3.63, 3.8) is 0 Å². The largest absolute Gasteiger partial charge is 0.343 e. The van der Waals surface area contributed by atoms with Crippen LogP contribution in [0.1, 0.15) is 24.5 Å². The maximum Gasteiger partial charge on any atom is 0.249 e. The molecule has 2 N–H and O–H groups in total. The van der Waals surface area contributed by atoms with Gasteiger partial charge in [0, 0.05) is 22.7 Å². The fourth-order valence-electron chi connectivity index (χ4n) is 4.52. The van der Waals surface area contributed by atoms with Crippen LogP contribution < -0.4 is 15.5 Å². The van der Waals surface area contributed by atoms with E-state index in [1.54, 1.807) is 14.0 Å². The van der Waals surface area contributed by atoms with Crippen molar-refractivity contribution in [1.29, 1.82) is 0 Å². The highest BCUT2D eigenvalue weighted by Gasteiger charge is 2.37. The molecule has 2 atom stereocenters. The molecule has 0 aliphatic carbocycles. The second kappa shape index (κ2) is 7.22. The lowest BCUT2D eigenvalue weighted by Gasteiger charge is -2.33. The third kappa shape index (κ3) is 2.87. The van der Waals surface area contributed by atoms with Crippen LogP contribution in [0.5, 0.6) is 0 Å². The molecular formula is C24H24N4O2. The van der Waals surface area contributed by atoms with Crippen LogP contribution in [0.25, 0.3) is 22.0 Å². The first-order valence-corrected chi connectivity index (χ1v) is 10.4. The van der Waals surface area contributed by atoms with Crippen molar-refractivity contribution in [2.75, 3.05) is 11.9 Å². The van der Waals surface area contributed by atoms with Gasteiger partial charge in [0.15, 0.2) is 0 Å². The van der Waals surface area contributed by atoms with Crippen LogP contribution in [0.3, 0.4) is 0 Å². The van der Waals surface area contributed by atoms with Crippen molar-refractivity contribution in [3.05, 3.63) is 59.8 Å². The fraction of sp³-hybridized carbons (Fsp3) is 0.292. The minimum absolute atomic E-state index is 0.0589. The van der Waals surface area contributed by atoms with E-state index in [1.807, 2.05) is 41.4 Å². The third-order valence-electron chi connectivity index (χ3n) is 6.27. The Labute approximate surface area is 175 Å². The zero-order valence-electron chi connectivity index (χ0n) is 17.1. The summed E-state index contributed by atoms with van der Waals surface area (Å²) in [6.45, 7) is 2.25. The van der Waals surface area contributed by atoms with Gasteiger partial charge < -0.3 is 15.5 Å². The molecule has 0 spiro atoms. The first-order valence-electron chi connectivity index (χ1n) is 10.4. The predicted molar refractivity (Wildman–Crippen MR) is 117 cm³/mol. The molecule has 152 valence electrons. The van der Waals surface area contributed by atoms with Crippen molar-refractivity contribution in [2.24, 2.45) is 0 Å². The van der Waals surface area contributed by atoms with Crippen molar-refractivity contribution in [2.45, 2.75) is 38.4 Å². The fourth-order valence-corrected chi connectivity index (χ4v) is 4.52. The minimum atomic E-state index is -0.543. The molecule has 0 fully saturated rings. The number of carbonyl (C=O) groups excluding carboxylic acids is 2. The van der Waals surface area contributed by atoms with E-state index in [0.717, 1.165) is 45.3 Å². The number of likely N-dealkylation sites (N-methyl/N-ethyl adjacent to an activating group) is 1. The molecule has 6 heteroatoms. The Morgan fingerprint density at radius 1 is 1.20 bits per heavy atom. The summed E-state index contributed by atoms with van der Waals surface area (Å²) in [6, 6.07) is 13.4. The maximum atomic E-state index is 13.6. The number of aryl methyl sites for hydroxylation is 1. The number of nitrogens with zero attached hydrogens (tertiary/aromatic N) is 2. The number of fused-ring (bicyclic) bond motifs is 4. The number of pyridine rings is 1.